The van der Waals surface area contributed by atoms with Crippen molar-refractivity contribution >= 4 is 23.5 Å². The number of hydrogen-bond donors (Lipinski definition) is 0. The lowest BCUT2D eigenvalue weighted by atomic mass is 10.2. The first kappa shape index (κ1) is 12.4. The number of ether oxygens (including phenoxy) is 2. The molecule has 0 unspecified atom stereocenters. The predicted octanol–water partition coefficient (Wildman–Crippen LogP) is 1.70. The molecule has 0 saturated carbocycles. The van der Waals surface area contributed by atoms with Gasteiger partial charge >= 0.3 is 11.9 Å². The molecule has 86 valence electrons. The molecule has 0 spiro atoms. The summed E-state index contributed by atoms with van der Waals surface area (Å²) in [5.41, 5.74) is 0.164. The zero-order chi connectivity index (χ0) is 12.1. The highest BCUT2D eigenvalue weighted by Crippen LogP contribution is 2.16. The van der Waals surface area contributed by atoms with Gasteiger partial charge in [-0.15, -0.1) is 0 Å². The van der Waals surface area contributed by atoms with Gasteiger partial charge in [0.15, 0.2) is 5.69 Å². The second kappa shape index (κ2) is 5.46. The maximum absolute atomic E-state index is 11.3. The van der Waals surface area contributed by atoms with Crippen molar-refractivity contribution < 1.29 is 19.1 Å². The van der Waals surface area contributed by atoms with Crippen LogP contribution in [0.15, 0.2) is 12.3 Å². The van der Waals surface area contributed by atoms with E-state index in [4.69, 9.17) is 16.3 Å². The van der Waals surface area contributed by atoms with E-state index in [9.17, 15) is 9.59 Å². The Balaban J connectivity index is 3.00. The number of carbonyl (C=O) groups excluding carboxylic acids is 2. The molecule has 1 aromatic heterocycles. The van der Waals surface area contributed by atoms with Crippen molar-refractivity contribution in [2.45, 2.75) is 6.92 Å². The quantitative estimate of drug-likeness (QED) is 0.756. The summed E-state index contributed by atoms with van der Waals surface area (Å²) in [5, 5.41) is 0.0568. The van der Waals surface area contributed by atoms with Crippen molar-refractivity contribution in [3.05, 3.63) is 28.5 Å². The van der Waals surface area contributed by atoms with Crippen LogP contribution in [0.2, 0.25) is 5.02 Å². The highest BCUT2D eigenvalue weighted by Gasteiger charge is 2.16. The van der Waals surface area contributed by atoms with E-state index < -0.39 is 11.9 Å². The summed E-state index contributed by atoms with van der Waals surface area (Å²) in [4.78, 5) is 26.2. The second-order valence-electron chi connectivity index (χ2n) is 2.77. The molecule has 0 bridgehead atoms. The summed E-state index contributed by atoms with van der Waals surface area (Å²) in [6.45, 7) is 1.91. The van der Waals surface area contributed by atoms with E-state index in [0.717, 1.165) is 0 Å². The number of halogens is 1. The van der Waals surface area contributed by atoms with Crippen LogP contribution in [-0.4, -0.2) is 30.6 Å². The van der Waals surface area contributed by atoms with E-state index >= 15 is 0 Å². The molecule has 0 N–H and O–H groups in total. The van der Waals surface area contributed by atoms with E-state index in [1.807, 2.05) is 0 Å². The summed E-state index contributed by atoms with van der Waals surface area (Å²) in [6, 6.07) is 1.31. The topological polar surface area (TPSA) is 65.5 Å². The molecule has 0 fully saturated rings. The minimum atomic E-state index is -0.621. The average Bonchev–Trinajstić information content (AvgIpc) is 2.28. The maximum atomic E-state index is 11.3. The van der Waals surface area contributed by atoms with Crippen LogP contribution in [0.1, 0.15) is 27.8 Å². The lowest BCUT2D eigenvalue weighted by Crippen LogP contribution is -2.10. The molecule has 0 aliphatic carbocycles. The number of carbonyl (C=O) groups is 2. The smallest absolute Gasteiger partial charge is 0.358 e. The fraction of sp³-hybridized carbons (Fsp3) is 0.300. The fourth-order valence-corrected chi connectivity index (χ4v) is 1.26. The summed E-state index contributed by atoms with van der Waals surface area (Å²) in [5.74, 6) is -1.19. The Labute approximate surface area is 97.3 Å². The molecule has 0 saturated heterocycles. The van der Waals surface area contributed by atoms with Gasteiger partial charge < -0.3 is 9.47 Å². The Hall–Kier alpha value is -1.62. The van der Waals surface area contributed by atoms with Gasteiger partial charge in [0.25, 0.3) is 0 Å². The molecule has 0 aliphatic heterocycles. The molecule has 1 heterocycles. The maximum Gasteiger partial charge on any atom is 0.358 e. The van der Waals surface area contributed by atoms with Crippen molar-refractivity contribution in [3.63, 3.8) is 0 Å². The van der Waals surface area contributed by atoms with Crippen LogP contribution in [-0.2, 0) is 9.47 Å². The minimum Gasteiger partial charge on any atom is -0.465 e. The lowest BCUT2D eigenvalue weighted by molar-refractivity contribution is 0.0516. The second-order valence-corrected chi connectivity index (χ2v) is 3.17. The molecule has 16 heavy (non-hydrogen) atoms. The molecule has 0 atom stereocenters. The van der Waals surface area contributed by atoms with Crippen LogP contribution in [0.4, 0.5) is 0 Å². The van der Waals surface area contributed by atoms with Crippen LogP contribution >= 0.6 is 11.6 Å². The normalized spacial score (nSPS) is 9.69. The summed E-state index contributed by atoms with van der Waals surface area (Å²) in [6.07, 6.45) is 1.21. The van der Waals surface area contributed by atoms with Gasteiger partial charge in [-0.05, 0) is 13.0 Å². The van der Waals surface area contributed by atoms with Gasteiger partial charge in [0.1, 0.15) is 0 Å². The van der Waals surface area contributed by atoms with E-state index in [2.05, 4.69) is 9.72 Å². The van der Waals surface area contributed by atoms with E-state index in [-0.39, 0.29) is 22.9 Å². The van der Waals surface area contributed by atoms with Crippen LogP contribution in [0.3, 0.4) is 0 Å². The summed E-state index contributed by atoms with van der Waals surface area (Å²) < 4.78 is 9.22. The molecular weight excluding hydrogens is 234 g/mol. The standard InChI is InChI=1S/C10H10ClNO4/c1-3-16-10(14)8-7(11)4-6(5-12-8)9(13)15-2/h4-5H,3H2,1-2H3. The zero-order valence-electron chi connectivity index (χ0n) is 8.82. The Kier molecular flexibility index (Phi) is 4.25. The Morgan fingerprint density at radius 1 is 1.44 bits per heavy atom. The zero-order valence-corrected chi connectivity index (χ0v) is 9.58. The van der Waals surface area contributed by atoms with Gasteiger partial charge in [-0.2, -0.15) is 0 Å². The Morgan fingerprint density at radius 2 is 2.12 bits per heavy atom. The highest BCUT2D eigenvalue weighted by atomic mass is 35.5. The third-order valence-corrected chi connectivity index (χ3v) is 2.02. The SMILES string of the molecule is CCOC(=O)c1ncc(C(=O)OC)cc1Cl. The van der Waals surface area contributed by atoms with E-state index in [1.54, 1.807) is 6.92 Å². The van der Waals surface area contributed by atoms with Crippen molar-refractivity contribution in [3.8, 4) is 0 Å². The van der Waals surface area contributed by atoms with Crippen molar-refractivity contribution in [1.29, 1.82) is 0 Å². The summed E-state index contributed by atoms with van der Waals surface area (Å²) >= 11 is 5.79. The Bertz CT molecular complexity index is 419. The minimum absolute atomic E-state index is 0.0174. The number of rotatable bonds is 3. The van der Waals surface area contributed by atoms with Crippen LogP contribution < -0.4 is 0 Å². The number of methoxy groups -OCH3 is 1. The largest absolute Gasteiger partial charge is 0.465 e. The van der Waals surface area contributed by atoms with Gasteiger partial charge in [0.2, 0.25) is 0 Å². The average molecular weight is 244 g/mol. The molecule has 0 aromatic carbocycles. The highest BCUT2D eigenvalue weighted by molar-refractivity contribution is 6.33. The fourth-order valence-electron chi connectivity index (χ4n) is 1.02. The molecule has 6 heteroatoms. The molecule has 1 aromatic rings. The third-order valence-electron chi connectivity index (χ3n) is 1.73. The third kappa shape index (κ3) is 2.70. The van der Waals surface area contributed by atoms with Crippen molar-refractivity contribution in [2.75, 3.05) is 13.7 Å². The van der Waals surface area contributed by atoms with E-state index in [0.29, 0.717) is 0 Å². The lowest BCUT2D eigenvalue weighted by Gasteiger charge is -2.04. The number of nitrogens with zero attached hydrogens (tertiary/aromatic N) is 1. The Morgan fingerprint density at radius 3 is 2.62 bits per heavy atom. The summed E-state index contributed by atoms with van der Waals surface area (Å²) in [7, 11) is 1.25. The first-order valence-electron chi connectivity index (χ1n) is 4.51. The molecular formula is C10H10ClNO4. The van der Waals surface area contributed by atoms with Gasteiger partial charge in [-0.1, -0.05) is 11.6 Å². The number of hydrogen-bond acceptors (Lipinski definition) is 5. The van der Waals surface area contributed by atoms with Crippen LogP contribution in [0.5, 0.6) is 0 Å². The molecule has 0 amide bonds. The van der Waals surface area contributed by atoms with Crippen molar-refractivity contribution in [2.24, 2.45) is 0 Å². The van der Waals surface area contributed by atoms with Gasteiger partial charge in [-0.3, -0.25) is 0 Å². The number of esters is 2. The van der Waals surface area contributed by atoms with E-state index in [1.165, 1.54) is 19.4 Å². The number of aromatic nitrogens is 1. The first-order chi connectivity index (χ1) is 7.60. The first-order valence-corrected chi connectivity index (χ1v) is 4.89. The van der Waals surface area contributed by atoms with Gasteiger partial charge in [-0.25, -0.2) is 14.6 Å². The molecule has 5 nitrogen and oxygen atoms in total. The van der Waals surface area contributed by atoms with Crippen molar-refractivity contribution in [1.82, 2.24) is 4.98 Å². The van der Waals surface area contributed by atoms with Crippen LogP contribution in [0, 0.1) is 0 Å². The van der Waals surface area contributed by atoms with Gasteiger partial charge in [0, 0.05) is 6.20 Å². The van der Waals surface area contributed by atoms with Gasteiger partial charge in [0.05, 0.1) is 24.3 Å². The predicted molar refractivity (Wildman–Crippen MR) is 56.5 cm³/mol. The molecule has 0 aliphatic rings. The molecule has 0 radical (unpaired) electrons. The molecule has 1 rings (SSSR count). The number of pyridine rings is 1. The monoisotopic (exact) mass is 243 g/mol. The van der Waals surface area contributed by atoms with Crippen LogP contribution in [0.25, 0.3) is 0 Å².